The second kappa shape index (κ2) is 6.74. The lowest BCUT2D eigenvalue weighted by molar-refractivity contribution is 0.688. The van der Waals surface area contributed by atoms with E-state index in [0.29, 0.717) is 5.92 Å². The minimum Gasteiger partial charge on any atom is -0.0683 e. The van der Waals surface area contributed by atoms with Crippen molar-refractivity contribution in [2.75, 3.05) is 0 Å². The van der Waals surface area contributed by atoms with Gasteiger partial charge in [-0.2, -0.15) is 0 Å². The van der Waals surface area contributed by atoms with Gasteiger partial charge < -0.3 is 0 Å². The number of benzene rings is 4. The molecule has 0 fully saturated rings. The Morgan fingerprint density at radius 3 is 1.93 bits per heavy atom. The highest BCUT2D eigenvalue weighted by Crippen LogP contribution is 2.61. The average molecular weight is 375 g/mol. The summed E-state index contributed by atoms with van der Waals surface area (Å²) in [6.45, 7) is 6.35. The highest BCUT2D eigenvalue weighted by molar-refractivity contribution is 5.89. The number of hydrogen-bond acceptors (Lipinski definition) is 0. The van der Waals surface area contributed by atoms with E-state index in [4.69, 9.17) is 0 Å². The predicted molar refractivity (Wildman–Crippen MR) is 123 cm³/mol. The summed E-state index contributed by atoms with van der Waals surface area (Å²) in [4.78, 5) is 0. The zero-order chi connectivity index (χ0) is 20.0. The Morgan fingerprint density at radius 1 is 0.552 bits per heavy atom. The van der Waals surface area contributed by atoms with Crippen LogP contribution in [-0.4, -0.2) is 0 Å². The average Bonchev–Trinajstić information content (AvgIpc) is 3.12. The van der Waals surface area contributed by atoms with Crippen molar-refractivity contribution >= 4 is 0 Å². The summed E-state index contributed by atoms with van der Waals surface area (Å²) in [5.74, 6) is 0.405. The zero-order valence-electron chi connectivity index (χ0n) is 17.3. The molecule has 6 rings (SSSR count). The van der Waals surface area contributed by atoms with Crippen molar-refractivity contribution in [2.45, 2.75) is 32.1 Å². The maximum Gasteiger partial charge on any atom is 0.0719 e. The van der Waals surface area contributed by atoms with Gasteiger partial charge in [-0.25, -0.2) is 0 Å². The van der Waals surface area contributed by atoms with E-state index in [1.165, 1.54) is 44.5 Å². The maximum absolute atomic E-state index is 2.35. The smallest absolute Gasteiger partial charge is 0.0683 e. The van der Waals surface area contributed by atoms with E-state index in [1.807, 2.05) is 13.8 Å². The van der Waals surface area contributed by atoms with E-state index in [0.717, 1.165) is 0 Å². The first-order valence-electron chi connectivity index (χ1n) is 10.7. The van der Waals surface area contributed by atoms with Crippen LogP contribution in [-0.2, 0) is 5.41 Å². The maximum atomic E-state index is 2.35. The second-order valence-corrected chi connectivity index (χ2v) is 7.74. The Bertz CT molecular complexity index is 1190. The van der Waals surface area contributed by atoms with Crippen molar-refractivity contribution in [1.82, 2.24) is 0 Å². The molecule has 2 aliphatic carbocycles. The van der Waals surface area contributed by atoms with Crippen molar-refractivity contribution in [2.24, 2.45) is 0 Å². The van der Waals surface area contributed by atoms with Gasteiger partial charge in [-0.1, -0.05) is 118 Å². The number of fused-ring (bicyclic) bond motifs is 5. The molecular formula is C29H26. The van der Waals surface area contributed by atoms with E-state index in [9.17, 15) is 0 Å². The Hall–Kier alpha value is -3.12. The summed E-state index contributed by atoms with van der Waals surface area (Å²) in [6, 6.07) is 36.0. The summed E-state index contributed by atoms with van der Waals surface area (Å²) in [6.07, 6.45) is 0. The third-order valence-electron chi connectivity index (χ3n) is 6.60. The lowest BCUT2D eigenvalue weighted by atomic mass is 9.60. The summed E-state index contributed by atoms with van der Waals surface area (Å²) in [7, 11) is 0. The fourth-order valence-corrected chi connectivity index (χ4v) is 5.56. The zero-order valence-corrected chi connectivity index (χ0v) is 17.3. The van der Waals surface area contributed by atoms with E-state index in [-0.39, 0.29) is 5.41 Å². The van der Waals surface area contributed by atoms with E-state index >= 15 is 0 Å². The van der Waals surface area contributed by atoms with Gasteiger partial charge in [-0.15, -0.1) is 0 Å². The standard InChI is InChI=1S/C27H20.C2H6/c1-18-20-12-5-7-16-24(20)27(19-10-3-2-4-11-19)25-17-8-6-13-22(25)23-15-9-14-21(18)26(23)27;1-2/h2-18H,1H3;1-2H3. The molecule has 0 radical (unpaired) electrons. The van der Waals surface area contributed by atoms with Gasteiger partial charge >= 0.3 is 0 Å². The van der Waals surface area contributed by atoms with Crippen LogP contribution >= 0.6 is 0 Å². The molecule has 0 bridgehead atoms. The molecule has 29 heavy (non-hydrogen) atoms. The molecule has 0 spiro atoms. The van der Waals surface area contributed by atoms with E-state index < -0.39 is 0 Å². The molecule has 0 heteroatoms. The second-order valence-electron chi connectivity index (χ2n) is 7.74. The minimum atomic E-state index is -0.215. The molecule has 2 atom stereocenters. The number of hydrogen-bond donors (Lipinski definition) is 0. The Labute approximate surface area is 173 Å². The Balaban J connectivity index is 0.000000882. The van der Waals surface area contributed by atoms with Crippen LogP contribution < -0.4 is 0 Å². The van der Waals surface area contributed by atoms with Gasteiger partial charge in [-0.05, 0) is 44.5 Å². The van der Waals surface area contributed by atoms with Gasteiger partial charge in [0.2, 0.25) is 0 Å². The first kappa shape index (κ1) is 17.9. The molecule has 0 saturated heterocycles. The molecule has 2 aliphatic rings. The third kappa shape index (κ3) is 2.20. The molecule has 0 nitrogen and oxygen atoms in total. The highest BCUT2D eigenvalue weighted by atomic mass is 14.5. The van der Waals surface area contributed by atoms with Gasteiger partial charge in [0.1, 0.15) is 0 Å². The molecule has 4 aromatic carbocycles. The van der Waals surface area contributed by atoms with Crippen LogP contribution in [0, 0.1) is 0 Å². The summed E-state index contributed by atoms with van der Waals surface area (Å²) in [5, 5.41) is 0. The first-order valence-corrected chi connectivity index (χ1v) is 10.7. The predicted octanol–water partition coefficient (Wildman–Crippen LogP) is 7.54. The van der Waals surface area contributed by atoms with E-state index in [1.54, 1.807) is 0 Å². The third-order valence-corrected chi connectivity index (χ3v) is 6.60. The SMILES string of the molecule is CC.CC1c2ccccc2C2(c3ccccc3)c3ccccc3-c3cccc1c32. The van der Waals surface area contributed by atoms with Crippen molar-refractivity contribution in [1.29, 1.82) is 0 Å². The van der Waals surface area contributed by atoms with Gasteiger partial charge in [0, 0.05) is 5.92 Å². The Kier molecular flexibility index (Phi) is 4.17. The quantitative estimate of drug-likeness (QED) is 0.284. The summed E-state index contributed by atoms with van der Waals surface area (Å²) < 4.78 is 0. The normalized spacial score (nSPS) is 20.0. The van der Waals surface area contributed by atoms with Gasteiger partial charge in [0.15, 0.2) is 0 Å². The lowest BCUT2D eigenvalue weighted by Crippen LogP contribution is -2.34. The largest absolute Gasteiger partial charge is 0.0719 e. The van der Waals surface area contributed by atoms with Crippen LogP contribution in [0.25, 0.3) is 11.1 Å². The molecule has 0 heterocycles. The monoisotopic (exact) mass is 374 g/mol. The topological polar surface area (TPSA) is 0 Å². The molecule has 0 saturated carbocycles. The van der Waals surface area contributed by atoms with Crippen LogP contribution in [0.1, 0.15) is 60.1 Å². The fourth-order valence-electron chi connectivity index (χ4n) is 5.56. The fraction of sp³-hybridized carbons (Fsp3) is 0.172. The molecule has 0 N–H and O–H groups in total. The van der Waals surface area contributed by atoms with Gasteiger partial charge in [-0.3, -0.25) is 0 Å². The van der Waals surface area contributed by atoms with Crippen molar-refractivity contribution < 1.29 is 0 Å². The summed E-state index contributed by atoms with van der Waals surface area (Å²) >= 11 is 0. The van der Waals surface area contributed by atoms with E-state index in [2.05, 4.69) is 104 Å². The van der Waals surface area contributed by atoms with Crippen LogP contribution in [0.4, 0.5) is 0 Å². The highest BCUT2D eigenvalue weighted by Gasteiger charge is 2.51. The van der Waals surface area contributed by atoms with Crippen molar-refractivity contribution in [3.05, 3.63) is 130 Å². The molecule has 2 unspecified atom stereocenters. The molecule has 0 aromatic heterocycles. The van der Waals surface area contributed by atoms with Crippen LogP contribution in [0.3, 0.4) is 0 Å². The van der Waals surface area contributed by atoms with Crippen LogP contribution in [0.5, 0.6) is 0 Å². The molecule has 4 aromatic rings. The first-order chi connectivity index (χ1) is 14.3. The summed E-state index contributed by atoms with van der Waals surface area (Å²) in [5.41, 5.74) is 11.2. The molecule has 0 amide bonds. The molecule has 142 valence electrons. The molecular weight excluding hydrogens is 348 g/mol. The number of rotatable bonds is 1. The van der Waals surface area contributed by atoms with Crippen molar-refractivity contribution in [3.8, 4) is 11.1 Å². The van der Waals surface area contributed by atoms with Gasteiger partial charge in [0.25, 0.3) is 0 Å². The van der Waals surface area contributed by atoms with Gasteiger partial charge in [0.05, 0.1) is 5.41 Å². The Morgan fingerprint density at radius 2 is 1.14 bits per heavy atom. The van der Waals surface area contributed by atoms with Crippen LogP contribution in [0.2, 0.25) is 0 Å². The van der Waals surface area contributed by atoms with Crippen molar-refractivity contribution in [3.63, 3.8) is 0 Å². The minimum absolute atomic E-state index is 0.215. The lowest BCUT2D eigenvalue weighted by Gasteiger charge is -2.42. The van der Waals surface area contributed by atoms with Crippen LogP contribution in [0.15, 0.2) is 97.1 Å². The molecule has 0 aliphatic heterocycles.